The lowest BCUT2D eigenvalue weighted by atomic mass is 10.3. The van der Waals surface area contributed by atoms with Crippen LogP contribution in [0.15, 0.2) is 52.5 Å². The van der Waals surface area contributed by atoms with E-state index in [1.165, 1.54) is 48.2 Å². The normalized spacial score (nSPS) is 11.7. The van der Waals surface area contributed by atoms with Gasteiger partial charge in [-0.05, 0) is 42.5 Å². The van der Waals surface area contributed by atoms with Gasteiger partial charge < -0.3 is 9.88 Å². The molecule has 0 saturated heterocycles. The van der Waals surface area contributed by atoms with Crippen LogP contribution in [-0.4, -0.2) is 29.6 Å². The molecule has 10 heteroatoms. The van der Waals surface area contributed by atoms with Crippen LogP contribution < -0.4 is 10.5 Å². The van der Waals surface area contributed by atoms with E-state index in [0.717, 1.165) is 5.52 Å². The summed E-state index contributed by atoms with van der Waals surface area (Å²) < 4.78 is 37.5. The summed E-state index contributed by atoms with van der Waals surface area (Å²) in [6.07, 6.45) is 0. The molecule has 0 aliphatic carbocycles. The molecule has 3 N–H and O–H groups in total. The highest BCUT2D eigenvalue weighted by atomic mass is 32.2. The van der Waals surface area contributed by atoms with Crippen molar-refractivity contribution in [2.45, 2.75) is 10.1 Å². The average Bonchev–Trinajstić information content (AvgIpc) is 2.90. The van der Waals surface area contributed by atoms with Crippen LogP contribution in [0.5, 0.6) is 0 Å². The maximum Gasteiger partial charge on any atom is 0.238 e. The Balaban J connectivity index is 1.73. The molecule has 1 amide bonds. The minimum absolute atomic E-state index is 0.0197. The molecular formula is C16H15FN4O3S2. The third-order valence-electron chi connectivity index (χ3n) is 3.60. The quantitative estimate of drug-likeness (QED) is 0.645. The second-order valence-corrected chi connectivity index (χ2v) is 8.00. The number of thioether (sulfide) groups is 1. The molecule has 0 atom stereocenters. The lowest BCUT2D eigenvalue weighted by molar-refractivity contribution is -0.113. The van der Waals surface area contributed by atoms with Crippen molar-refractivity contribution in [3.05, 3.63) is 48.3 Å². The summed E-state index contributed by atoms with van der Waals surface area (Å²) in [7, 11) is -2.04. The first kappa shape index (κ1) is 18.4. The SMILES string of the molecule is Cn1c(SCC(=O)Nc2ccc(F)cc2)nc2cc(S(N)(=O)=O)ccc21. The van der Waals surface area contributed by atoms with E-state index in [-0.39, 0.29) is 22.4 Å². The number of hydrogen-bond acceptors (Lipinski definition) is 5. The van der Waals surface area contributed by atoms with Gasteiger partial charge in [0.05, 0.1) is 21.7 Å². The summed E-state index contributed by atoms with van der Waals surface area (Å²) in [5.74, 6) is -0.550. The van der Waals surface area contributed by atoms with Crippen molar-refractivity contribution in [3.63, 3.8) is 0 Å². The van der Waals surface area contributed by atoms with Gasteiger partial charge in [0, 0.05) is 12.7 Å². The largest absolute Gasteiger partial charge is 0.325 e. The average molecular weight is 394 g/mol. The number of primary sulfonamides is 1. The van der Waals surface area contributed by atoms with Crippen LogP contribution in [0.3, 0.4) is 0 Å². The molecule has 26 heavy (non-hydrogen) atoms. The van der Waals surface area contributed by atoms with Crippen LogP contribution in [0, 0.1) is 5.82 Å². The molecule has 0 spiro atoms. The molecule has 1 aromatic heterocycles. The summed E-state index contributed by atoms with van der Waals surface area (Å²) in [5, 5.41) is 8.35. The summed E-state index contributed by atoms with van der Waals surface area (Å²) in [4.78, 5) is 16.4. The number of nitrogens with zero attached hydrogens (tertiary/aromatic N) is 2. The molecule has 136 valence electrons. The first-order valence-corrected chi connectivity index (χ1v) is 9.95. The van der Waals surface area contributed by atoms with E-state index in [4.69, 9.17) is 5.14 Å². The predicted molar refractivity (Wildman–Crippen MR) is 97.8 cm³/mol. The van der Waals surface area contributed by atoms with Gasteiger partial charge >= 0.3 is 0 Å². The zero-order valence-corrected chi connectivity index (χ0v) is 15.3. The van der Waals surface area contributed by atoms with Crippen LogP contribution >= 0.6 is 11.8 Å². The van der Waals surface area contributed by atoms with Crippen molar-refractivity contribution < 1.29 is 17.6 Å². The minimum Gasteiger partial charge on any atom is -0.325 e. The monoisotopic (exact) mass is 394 g/mol. The second-order valence-electron chi connectivity index (χ2n) is 5.49. The molecule has 3 rings (SSSR count). The highest BCUT2D eigenvalue weighted by molar-refractivity contribution is 7.99. The zero-order valence-electron chi connectivity index (χ0n) is 13.6. The topological polar surface area (TPSA) is 107 Å². The van der Waals surface area contributed by atoms with Gasteiger partial charge in [-0.25, -0.2) is 22.9 Å². The van der Waals surface area contributed by atoms with Crippen LogP contribution in [-0.2, 0) is 21.9 Å². The van der Waals surface area contributed by atoms with Crippen molar-refractivity contribution in [1.29, 1.82) is 0 Å². The molecule has 0 saturated carbocycles. The van der Waals surface area contributed by atoms with E-state index in [0.29, 0.717) is 16.4 Å². The Morgan fingerprint density at radius 3 is 2.62 bits per heavy atom. The van der Waals surface area contributed by atoms with Crippen LogP contribution in [0.4, 0.5) is 10.1 Å². The van der Waals surface area contributed by atoms with Gasteiger partial charge in [0.2, 0.25) is 15.9 Å². The Kier molecular flexibility index (Phi) is 4.99. The standard InChI is InChI=1S/C16H15FN4O3S2/c1-21-14-7-6-12(26(18,23)24)8-13(14)20-16(21)25-9-15(22)19-11-4-2-10(17)3-5-11/h2-8H,9H2,1H3,(H,19,22)(H2,18,23,24). The number of fused-ring (bicyclic) bond motifs is 1. The number of halogens is 1. The molecule has 0 fully saturated rings. The van der Waals surface area contributed by atoms with E-state index in [1.807, 2.05) is 0 Å². The van der Waals surface area contributed by atoms with Crippen molar-refractivity contribution in [1.82, 2.24) is 9.55 Å². The summed E-state index contributed by atoms with van der Waals surface area (Å²) in [5.41, 5.74) is 1.69. The Morgan fingerprint density at radius 1 is 1.27 bits per heavy atom. The van der Waals surface area contributed by atoms with Gasteiger partial charge in [0.25, 0.3) is 0 Å². The number of carbonyl (C=O) groups excluding carboxylic acids is 1. The Morgan fingerprint density at radius 2 is 1.96 bits per heavy atom. The molecule has 0 bridgehead atoms. The minimum atomic E-state index is -3.81. The molecule has 0 unspecified atom stereocenters. The molecule has 0 radical (unpaired) electrons. The predicted octanol–water partition coefficient (Wildman–Crippen LogP) is 2.09. The summed E-state index contributed by atoms with van der Waals surface area (Å²) in [6.45, 7) is 0. The number of benzene rings is 2. The fourth-order valence-corrected chi connectivity index (χ4v) is 3.64. The lowest BCUT2D eigenvalue weighted by Gasteiger charge is -2.05. The number of hydrogen-bond donors (Lipinski definition) is 2. The van der Waals surface area contributed by atoms with E-state index >= 15 is 0 Å². The third kappa shape index (κ3) is 4.03. The Bertz CT molecular complexity index is 1080. The van der Waals surface area contributed by atoms with Crippen LogP contribution in [0.1, 0.15) is 0 Å². The van der Waals surface area contributed by atoms with Crippen molar-refractivity contribution in [2.75, 3.05) is 11.1 Å². The molecule has 0 aliphatic rings. The van der Waals surface area contributed by atoms with E-state index < -0.39 is 10.0 Å². The lowest BCUT2D eigenvalue weighted by Crippen LogP contribution is -2.14. The smallest absolute Gasteiger partial charge is 0.238 e. The number of aromatic nitrogens is 2. The number of anilines is 1. The van der Waals surface area contributed by atoms with E-state index in [9.17, 15) is 17.6 Å². The zero-order chi connectivity index (χ0) is 18.9. The molecule has 3 aromatic rings. The van der Waals surface area contributed by atoms with Crippen LogP contribution in [0.2, 0.25) is 0 Å². The first-order valence-electron chi connectivity index (χ1n) is 7.41. The number of nitrogens with one attached hydrogen (secondary N) is 1. The van der Waals surface area contributed by atoms with Crippen molar-refractivity contribution >= 4 is 44.4 Å². The molecule has 1 heterocycles. The fourth-order valence-electron chi connectivity index (χ4n) is 2.32. The molecule has 7 nitrogen and oxygen atoms in total. The highest BCUT2D eigenvalue weighted by Gasteiger charge is 2.14. The van der Waals surface area contributed by atoms with Gasteiger partial charge in [0.1, 0.15) is 5.82 Å². The number of amides is 1. The maximum absolute atomic E-state index is 12.9. The summed E-state index contributed by atoms with van der Waals surface area (Å²) >= 11 is 1.20. The van der Waals surface area contributed by atoms with Gasteiger partial charge in [-0.3, -0.25) is 4.79 Å². The Labute approximate surface area is 153 Å². The van der Waals surface area contributed by atoms with Gasteiger partial charge in [-0.1, -0.05) is 11.8 Å². The molecule has 0 aliphatic heterocycles. The highest BCUT2D eigenvalue weighted by Crippen LogP contribution is 2.25. The number of carbonyl (C=O) groups is 1. The van der Waals surface area contributed by atoms with Crippen LogP contribution in [0.25, 0.3) is 11.0 Å². The van der Waals surface area contributed by atoms with Gasteiger partial charge in [-0.15, -0.1) is 0 Å². The molecular weight excluding hydrogens is 379 g/mol. The Hall–Kier alpha value is -2.43. The second kappa shape index (κ2) is 7.06. The number of aryl methyl sites for hydroxylation is 1. The number of imidazole rings is 1. The maximum atomic E-state index is 12.9. The number of rotatable bonds is 5. The number of nitrogens with two attached hydrogens (primary N) is 1. The van der Waals surface area contributed by atoms with Gasteiger partial charge in [-0.2, -0.15) is 0 Å². The van der Waals surface area contributed by atoms with E-state index in [2.05, 4.69) is 10.3 Å². The molecule has 2 aromatic carbocycles. The third-order valence-corrected chi connectivity index (χ3v) is 5.54. The van der Waals surface area contributed by atoms with Crippen molar-refractivity contribution in [2.24, 2.45) is 12.2 Å². The van der Waals surface area contributed by atoms with Gasteiger partial charge in [0.15, 0.2) is 5.16 Å². The summed E-state index contributed by atoms with van der Waals surface area (Å²) in [6, 6.07) is 9.89. The fraction of sp³-hybridized carbons (Fsp3) is 0.125. The number of sulfonamides is 1. The van der Waals surface area contributed by atoms with Crippen molar-refractivity contribution in [3.8, 4) is 0 Å². The van der Waals surface area contributed by atoms with E-state index in [1.54, 1.807) is 17.7 Å². The first-order chi connectivity index (χ1) is 12.2.